The Morgan fingerprint density at radius 3 is 2.40 bits per heavy atom. The van der Waals surface area contributed by atoms with Crippen LogP contribution >= 0.6 is 15.9 Å². The second-order valence-corrected chi connectivity index (χ2v) is 7.81. The maximum atomic E-state index is 12.9. The number of carbonyl (C=O) groups excluding carboxylic acids is 2. The number of benzene rings is 3. The second kappa shape index (κ2) is 8.59. The van der Waals surface area contributed by atoms with Gasteiger partial charge in [0, 0.05) is 21.0 Å². The van der Waals surface area contributed by atoms with E-state index < -0.39 is 5.97 Å². The van der Waals surface area contributed by atoms with Crippen molar-refractivity contribution in [1.29, 1.82) is 0 Å². The molecule has 3 aromatic carbocycles. The largest absolute Gasteiger partial charge is 0.454 e. The van der Waals surface area contributed by atoms with E-state index in [4.69, 9.17) is 9.72 Å². The molecule has 0 bridgehead atoms. The highest BCUT2D eigenvalue weighted by atomic mass is 79.9. The molecule has 0 aliphatic carbocycles. The lowest BCUT2D eigenvalue weighted by Gasteiger charge is -2.11. The number of hydrogen-bond acceptors (Lipinski definition) is 4. The number of ether oxygens (including phenoxy) is 1. The Morgan fingerprint density at radius 1 is 0.933 bits per heavy atom. The molecule has 0 aliphatic rings. The number of pyridine rings is 1. The molecule has 0 unspecified atom stereocenters. The van der Waals surface area contributed by atoms with E-state index in [9.17, 15) is 9.59 Å². The molecular weight excluding hydrogens is 442 g/mol. The van der Waals surface area contributed by atoms with E-state index in [2.05, 4.69) is 15.9 Å². The Kier molecular flexibility index (Phi) is 5.72. The molecule has 0 atom stereocenters. The Labute approximate surface area is 182 Å². The van der Waals surface area contributed by atoms with Crippen molar-refractivity contribution >= 4 is 38.6 Å². The second-order valence-electron chi connectivity index (χ2n) is 6.90. The summed E-state index contributed by atoms with van der Waals surface area (Å²) in [7, 11) is 0. The number of aromatic nitrogens is 1. The van der Waals surface area contributed by atoms with Crippen molar-refractivity contribution in [3.05, 3.63) is 100 Å². The quantitative estimate of drug-likeness (QED) is 0.270. The Balaban J connectivity index is 1.70. The predicted octanol–water partition coefficient (Wildman–Crippen LogP) is 6.01. The summed E-state index contributed by atoms with van der Waals surface area (Å²) in [6.45, 7) is 1.64. The summed E-state index contributed by atoms with van der Waals surface area (Å²) in [5.41, 5.74) is 4.15. The molecule has 5 heteroatoms. The van der Waals surface area contributed by atoms with E-state index in [0.29, 0.717) is 22.2 Å². The lowest BCUT2D eigenvalue weighted by atomic mass is 10.0. The summed E-state index contributed by atoms with van der Waals surface area (Å²) in [4.78, 5) is 30.0. The number of aryl methyl sites for hydroxylation is 1. The van der Waals surface area contributed by atoms with Crippen molar-refractivity contribution in [3.63, 3.8) is 0 Å². The number of hydrogen-bond donors (Lipinski definition) is 0. The van der Waals surface area contributed by atoms with Gasteiger partial charge < -0.3 is 4.74 Å². The fraction of sp³-hybridized carbons (Fsp3) is 0.0800. The molecule has 0 amide bonds. The minimum absolute atomic E-state index is 0.244. The van der Waals surface area contributed by atoms with Gasteiger partial charge in [-0.2, -0.15) is 0 Å². The van der Waals surface area contributed by atoms with Gasteiger partial charge in [-0.05, 0) is 30.7 Å². The Bertz CT molecular complexity index is 1230. The zero-order valence-corrected chi connectivity index (χ0v) is 17.8. The first-order valence-corrected chi connectivity index (χ1v) is 10.2. The maximum absolute atomic E-state index is 12.9. The summed E-state index contributed by atoms with van der Waals surface area (Å²) in [6.07, 6.45) is 0. The molecule has 0 N–H and O–H groups in total. The van der Waals surface area contributed by atoms with Crippen molar-refractivity contribution in [3.8, 4) is 11.3 Å². The number of ketones is 1. The summed E-state index contributed by atoms with van der Waals surface area (Å²) < 4.78 is 6.34. The zero-order valence-electron chi connectivity index (χ0n) is 16.3. The Morgan fingerprint density at radius 2 is 1.67 bits per heavy atom. The topological polar surface area (TPSA) is 56.3 Å². The van der Waals surface area contributed by atoms with E-state index in [1.54, 1.807) is 30.3 Å². The average molecular weight is 460 g/mol. The highest BCUT2D eigenvalue weighted by molar-refractivity contribution is 9.10. The lowest BCUT2D eigenvalue weighted by Crippen LogP contribution is -2.15. The van der Waals surface area contributed by atoms with E-state index in [-0.39, 0.29) is 12.4 Å². The third-order valence-electron chi connectivity index (χ3n) is 4.83. The minimum atomic E-state index is -0.546. The number of esters is 1. The van der Waals surface area contributed by atoms with E-state index in [1.807, 2.05) is 55.5 Å². The van der Waals surface area contributed by atoms with Gasteiger partial charge in [0.15, 0.2) is 12.4 Å². The van der Waals surface area contributed by atoms with E-state index >= 15 is 0 Å². The van der Waals surface area contributed by atoms with Gasteiger partial charge in [-0.3, -0.25) is 4.79 Å². The molecular formula is C25H18BrNO3. The van der Waals surface area contributed by atoms with Crippen LogP contribution in [0.25, 0.3) is 22.2 Å². The number of carbonyl (C=O) groups is 2. The van der Waals surface area contributed by atoms with Crippen LogP contribution in [0.4, 0.5) is 0 Å². The standard InChI is InChI=1S/C25H18BrNO3/c1-16-6-5-9-20-21(25(29)30-15-23(28)18-7-3-2-4-8-18)14-22(27-24(16)20)17-10-12-19(26)13-11-17/h2-14H,15H2,1H3. The monoisotopic (exact) mass is 459 g/mol. The van der Waals surface area contributed by atoms with Crippen LogP contribution in [0, 0.1) is 6.92 Å². The van der Waals surface area contributed by atoms with Crippen molar-refractivity contribution in [2.24, 2.45) is 0 Å². The van der Waals surface area contributed by atoms with Gasteiger partial charge in [-0.25, -0.2) is 9.78 Å². The lowest BCUT2D eigenvalue weighted by molar-refractivity contribution is 0.0476. The number of rotatable bonds is 5. The van der Waals surface area contributed by atoms with Crippen molar-refractivity contribution in [2.45, 2.75) is 6.92 Å². The highest BCUT2D eigenvalue weighted by Gasteiger charge is 2.18. The van der Waals surface area contributed by atoms with Crippen LogP contribution < -0.4 is 0 Å². The molecule has 0 radical (unpaired) electrons. The molecule has 0 aliphatic heterocycles. The molecule has 0 fully saturated rings. The third kappa shape index (κ3) is 4.16. The van der Waals surface area contributed by atoms with Crippen LogP contribution in [0.5, 0.6) is 0 Å². The van der Waals surface area contributed by atoms with Gasteiger partial charge in [0.25, 0.3) is 0 Å². The first-order chi connectivity index (χ1) is 14.5. The predicted molar refractivity (Wildman–Crippen MR) is 121 cm³/mol. The van der Waals surface area contributed by atoms with Crippen molar-refractivity contribution in [1.82, 2.24) is 4.98 Å². The van der Waals surface area contributed by atoms with Gasteiger partial charge in [-0.15, -0.1) is 0 Å². The normalized spacial score (nSPS) is 10.7. The third-order valence-corrected chi connectivity index (χ3v) is 5.36. The molecule has 30 heavy (non-hydrogen) atoms. The van der Waals surface area contributed by atoms with Crippen molar-refractivity contribution < 1.29 is 14.3 Å². The summed E-state index contributed by atoms with van der Waals surface area (Å²) in [5, 5.41) is 0.702. The van der Waals surface area contributed by atoms with E-state index in [0.717, 1.165) is 21.1 Å². The van der Waals surface area contributed by atoms with Crippen LogP contribution in [-0.4, -0.2) is 23.3 Å². The fourth-order valence-corrected chi connectivity index (χ4v) is 3.51. The highest BCUT2D eigenvalue weighted by Crippen LogP contribution is 2.28. The molecule has 0 spiro atoms. The van der Waals surface area contributed by atoms with Gasteiger partial charge in [-0.1, -0.05) is 76.6 Å². The van der Waals surface area contributed by atoms with Gasteiger partial charge >= 0.3 is 5.97 Å². The maximum Gasteiger partial charge on any atom is 0.339 e. The van der Waals surface area contributed by atoms with Gasteiger partial charge in [0.05, 0.1) is 16.8 Å². The molecule has 148 valence electrons. The fourth-order valence-electron chi connectivity index (χ4n) is 3.25. The summed E-state index contributed by atoms with van der Waals surface area (Å²) in [6, 6.07) is 23.9. The number of fused-ring (bicyclic) bond motifs is 1. The molecule has 4 nitrogen and oxygen atoms in total. The molecule has 0 saturated carbocycles. The first kappa shape index (κ1) is 20.0. The number of nitrogens with zero attached hydrogens (tertiary/aromatic N) is 1. The smallest absolute Gasteiger partial charge is 0.339 e. The Hall–Kier alpha value is -3.31. The van der Waals surface area contributed by atoms with Crippen LogP contribution in [0.2, 0.25) is 0 Å². The molecule has 4 rings (SSSR count). The molecule has 1 heterocycles. The van der Waals surface area contributed by atoms with Gasteiger partial charge in [0.1, 0.15) is 0 Å². The average Bonchev–Trinajstić information content (AvgIpc) is 2.78. The van der Waals surface area contributed by atoms with Gasteiger partial charge in [0.2, 0.25) is 0 Å². The van der Waals surface area contributed by atoms with Crippen LogP contribution in [0.1, 0.15) is 26.3 Å². The van der Waals surface area contributed by atoms with Crippen LogP contribution in [0.15, 0.2) is 83.3 Å². The van der Waals surface area contributed by atoms with Crippen LogP contribution in [0.3, 0.4) is 0 Å². The number of Topliss-reactive ketones (excluding diaryl/α,β-unsaturated/α-hetero) is 1. The van der Waals surface area contributed by atoms with Crippen molar-refractivity contribution in [2.75, 3.05) is 6.61 Å². The summed E-state index contributed by atoms with van der Waals surface area (Å²) in [5.74, 6) is -0.790. The molecule has 0 saturated heterocycles. The number of halogens is 1. The molecule has 4 aromatic rings. The number of para-hydroxylation sites is 1. The summed E-state index contributed by atoms with van der Waals surface area (Å²) >= 11 is 3.43. The minimum Gasteiger partial charge on any atom is -0.454 e. The van der Waals surface area contributed by atoms with Crippen LogP contribution in [-0.2, 0) is 4.74 Å². The zero-order chi connectivity index (χ0) is 21.1. The first-order valence-electron chi connectivity index (χ1n) is 9.44. The van der Waals surface area contributed by atoms with E-state index in [1.165, 1.54) is 0 Å². The molecule has 1 aromatic heterocycles. The SMILES string of the molecule is Cc1cccc2c(C(=O)OCC(=O)c3ccccc3)cc(-c3ccc(Br)cc3)nc12.